The number of amides is 1. The number of benzene rings is 2. The Hall–Kier alpha value is -2.04. The van der Waals surface area contributed by atoms with Crippen molar-refractivity contribution >= 4 is 35.3 Å². The molecule has 0 radical (unpaired) electrons. The molecule has 1 saturated heterocycles. The number of halogens is 2. The van der Waals surface area contributed by atoms with Crippen LogP contribution in [0.15, 0.2) is 47.6 Å². The number of hydrogen-bond donors (Lipinski definition) is 1. The smallest absolute Gasteiger partial charge is 0.245 e. The molecule has 1 atom stereocenters. The Morgan fingerprint density at radius 3 is 2.64 bits per heavy atom. The van der Waals surface area contributed by atoms with Gasteiger partial charge in [0.2, 0.25) is 5.91 Å². The highest BCUT2D eigenvalue weighted by molar-refractivity contribution is 6.36. The fourth-order valence-corrected chi connectivity index (χ4v) is 2.80. The molecule has 0 aliphatic carbocycles. The maximum Gasteiger partial charge on any atom is 0.245 e. The van der Waals surface area contributed by atoms with E-state index in [1.165, 1.54) is 23.4 Å². The van der Waals surface area contributed by atoms with E-state index in [2.05, 4.69) is 5.10 Å². The molecule has 1 fully saturated rings. The van der Waals surface area contributed by atoms with E-state index in [0.29, 0.717) is 17.0 Å². The van der Waals surface area contributed by atoms with Gasteiger partial charge in [0.15, 0.2) is 0 Å². The lowest BCUT2D eigenvalue weighted by molar-refractivity contribution is -0.146. The minimum absolute atomic E-state index is 0.0716. The van der Waals surface area contributed by atoms with E-state index in [1.54, 1.807) is 0 Å². The minimum atomic E-state index is -0.112. The lowest BCUT2D eigenvalue weighted by Crippen LogP contribution is -2.42. The molecule has 0 unspecified atom stereocenters. The summed E-state index contributed by atoms with van der Waals surface area (Å²) in [6.45, 7) is 0. The zero-order valence-corrected chi connectivity index (χ0v) is 12.9. The van der Waals surface area contributed by atoms with Gasteiger partial charge in [0.05, 0.1) is 23.7 Å². The van der Waals surface area contributed by atoms with E-state index in [0.717, 1.165) is 5.56 Å². The average molecular weight is 335 g/mol. The summed E-state index contributed by atoms with van der Waals surface area (Å²) in [7, 11) is 0. The summed E-state index contributed by atoms with van der Waals surface area (Å²) < 4.78 is 0. The van der Waals surface area contributed by atoms with Gasteiger partial charge in [-0.3, -0.25) is 4.79 Å². The second kappa shape index (κ2) is 5.99. The van der Waals surface area contributed by atoms with Crippen molar-refractivity contribution in [3.05, 3.63) is 63.6 Å². The topological polar surface area (TPSA) is 52.9 Å². The predicted octanol–water partition coefficient (Wildman–Crippen LogP) is 4.01. The van der Waals surface area contributed by atoms with Gasteiger partial charge in [0.1, 0.15) is 5.75 Å². The molecule has 0 spiro atoms. The summed E-state index contributed by atoms with van der Waals surface area (Å²) in [6, 6.07) is 12.6. The van der Waals surface area contributed by atoms with E-state index < -0.39 is 0 Å². The summed E-state index contributed by atoms with van der Waals surface area (Å²) in [5.41, 5.74) is 1.39. The zero-order chi connectivity index (χ0) is 15.7. The SMILES string of the molecule is O=C1C[C@@H](c2ccccc2)N1/N=C\c1cc(Cl)cc(Cl)c1O. The highest BCUT2D eigenvalue weighted by atomic mass is 35.5. The molecule has 0 bridgehead atoms. The fourth-order valence-electron chi connectivity index (χ4n) is 2.29. The largest absolute Gasteiger partial charge is 0.506 e. The Balaban J connectivity index is 1.84. The van der Waals surface area contributed by atoms with Crippen LogP contribution in [0.5, 0.6) is 5.75 Å². The zero-order valence-electron chi connectivity index (χ0n) is 11.4. The van der Waals surface area contributed by atoms with Gasteiger partial charge < -0.3 is 5.11 Å². The van der Waals surface area contributed by atoms with Crippen molar-refractivity contribution < 1.29 is 9.90 Å². The number of carbonyl (C=O) groups is 1. The van der Waals surface area contributed by atoms with Crippen LogP contribution in [0.4, 0.5) is 0 Å². The van der Waals surface area contributed by atoms with Gasteiger partial charge in [-0.2, -0.15) is 5.10 Å². The molecule has 1 heterocycles. The Bertz CT molecular complexity index is 747. The molecule has 3 rings (SSSR count). The number of carbonyl (C=O) groups excluding carboxylic acids is 1. The first-order valence-corrected chi connectivity index (χ1v) is 7.41. The van der Waals surface area contributed by atoms with Crippen LogP contribution >= 0.6 is 23.2 Å². The first kappa shape index (κ1) is 14.9. The van der Waals surface area contributed by atoms with Crippen molar-refractivity contribution in [2.24, 2.45) is 5.10 Å². The Morgan fingerprint density at radius 1 is 1.23 bits per heavy atom. The van der Waals surface area contributed by atoms with Crippen LogP contribution in [0.3, 0.4) is 0 Å². The molecule has 0 aromatic heterocycles. The van der Waals surface area contributed by atoms with Gasteiger partial charge in [-0.25, -0.2) is 5.01 Å². The van der Waals surface area contributed by atoms with E-state index in [9.17, 15) is 9.90 Å². The van der Waals surface area contributed by atoms with Crippen molar-refractivity contribution in [3.8, 4) is 5.75 Å². The number of phenols is 1. The molecule has 2 aromatic carbocycles. The van der Waals surface area contributed by atoms with Gasteiger partial charge in [0.25, 0.3) is 0 Å². The quantitative estimate of drug-likeness (QED) is 0.681. The molecule has 22 heavy (non-hydrogen) atoms. The highest BCUT2D eigenvalue weighted by Crippen LogP contribution is 2.35. The Kier molecular flexibility index (Phi) is 4.05. The molecule has 1 aliphatic rings. The molecule has 1 aliphatic heterocycles. The third-order valence-electron chi connectivity index (χ3n) is 3.48. The maximum absolute atomic E-state index is 11.8. The van der Waals surface area contributed by atoms with Crippen molar-refractivity contribution in [2.75, 3.05) is 0 Å². The maximum atomic E-state index is 11.8. The molecule has 2 aromatic rings. The highest BCUT2D eigenvalue weighted by Gasteiger charge is 2.37. The summed E-state index contributed by atoms with van der Waals surface area (Å²) in [4.78, 5) is 11.8. The number of nitrogens with zero attached hydrogens (tertiary/aromatic N) is 2. The number of hydrogen-bond acceptors (Lipinski definition) is 3. The van der Waals surface area contributed by atoms with E-state index in [-0.39, 0.29) is 22.7 Å². The van der Waals surface area contributed by atoms with Crippen LogP contribution in [0.1, 0.15) is 23.6 Å². The van der Waals surface area contributed by atoms with Crippen molar-refractivity contribution in [3.63, 3.8) is 0 Å². The molecule has 6 heteroatoms. The van der Waals surface area contributed by atoms with Crippen molar-refractivity contribution in [2.45, 2.75) is 12.5 Å². The van der Waals surface area contributed by atoms with Crippen molar-refractivity contribution in [1.29, 1.82) is 0 Å². The van der Waals surface area contributed by atoms with Crippen LogP contribution in [-0.2, 0) is 4.79 Å². The van der Waals surface area contributed by atoms with Crippen LogP contribution in [0.2, 0.25) is 10.0 Å². The van der Waals surface area contributed by atoms with E-state index in [4.69, 9.17) is 23.2 Å². The second-order valence-electron chi connectivity index (χ2n) is 4.94. The molecule has 112 valence electrons. The first-order valence-electron chi connectivity index (χ1n) is 6.65. The molecular weight excluding hydrogens is 323 g/mol. The monoisotopic (exact) mass is 334 g/mol. The number of aromatic hydroxyl groups is 1. The van der Waals surface area contributed by atoms with Crippen LogP contribution in [0.25, 0.3) is 0 Å². The number of phenolic OH excluding ortho intramolecular Hbond substituents is 1. The molecule has 4 nitrogen and oxygen atoms in total. The van der Waals surface area contributed by atoms with Crippen molar-refractivity contribution in [1.82, 2.24) is 5.01 Å². The average Bonchev–Trinajstić information content (AvgIpc) is 2.50. The molecular formula is C16H12Cl2N2O2. The van der Waals surface area contributed by atoms with E-state index >= 15 is 0 Å². The third kappa shape index (κ3) is 2.80. The summed E-state index contributed by atoms with van der Waals surface area (Å²) in [5.74, 6) is -0.184. The van der Waals surface area contributed by atoms with Gasteiger partial charge in [0, 0.05) is 10.6 Å². The van der Waals surface area contributed by atoms with Crippen LogP contribution < -0.4 is 0 Å². The molecule has 1 N–H and O–H groups in total. The van der Waals surface area contributed by atoms with Gasteiger partial charge in [-0.1, -0.05) is 53.5 Å². The number of hydrazone groups is 1. The summed E-state index contributed by atoms with van der Waals surface area (Å²) >= 11 is 11.8. The second-order valence-corrected chi connectivity index (χ2v) is 5.78. The van der Waals surface area contributed by atoms with Crippen LogP contribution in [0, 0.1) is 0 Å². The third-order valence-corrected chi connectivity index (χ3v) is 3.99. The predicted molar refractivity (Wildman–Crippen MR) is 86.4 cm³/mol. The summed E-state index contributed by atoms with van der Waals surface area (Å²) in [6.07, 6.45) is 1.81. The minimum Gasteiger partial charge on any atom is -0.506 e. The van der Waals surface area contributed by atoms with Gasteiger partial charge in [-0.05, 0) is 17.7 Å². The number of rotatable bonds is 3. The molecule has 1 amide bonds. The Labute approximate surface area is 137 Å². The Morgan fingerprint density at radius 2 is 1.95 bits per heavy atom. The first-order chi connectivity index (χ1) is 10.6. The standard InChI is InChI=1S/C16H12Cl2N2O2/c17-12-6-11(16(22)13(18)7-12)9-19-20-14(8-15(20)21)10-4-2-1-3-5-10/h1-7,9,14,22H,8H2/b19-9-/t14-/m0/s1. The van der Waals surface area contributed by atoms with Crippen LogP contribution in [-0.4, -0.2) is 22.2 Å². The molecule has 0 saturated carbocycles. The lowest BCUT2D eigenvalue weighted by Gasteiger charge is -2.36. The van der Waals surface area contributed by atoms with Gasteiger partial charge in [-0.15, -0.1) is 0 Å². The fraction of sp³-hybridized carbons (Fsp3) is 0.125. The number of β-lactam (4-membered cyclic amide) rings is 1. The van der Waals surface area contributed by atoms with E-state index in [1.807, 2.05) is 30.3 Å². The normalized spacial score (nSPS) is 17.8. The lowest BCUT2D eigenvalue weighted by atomic mass is 9.96. The summed E-state index contributed by atoms with van der Waals surface area (Å²) in [5, 5.41) is 16.0. The van der Waals surface area contributed by atoms with Gasteiger partial charge >= 0.3 is 0 Å².